The highest BCUT2D eigenvalue weighted by atomic mass is 15.2. The summed E-state index contributed by atoms with van der Waals surface area (Å²) in [4.78, 5) is 2.60. The second kappa shape index (κ2) is 6.73. The fraction of sp³-hybridized carbons (Fsp3) is 0.667. The van der Waals surface area contributed by atoms with Crippen LogP contribution in [-0.2, 0) is 6.42 Å². The summed E-state index contributed by atoms with van der Waals surface area (Å²) in [5, 5.41) is 3.48. The van der Waals surface area contributed by atoms with Gasteiger partial charge in [-0.15, -0.1) is 0 Å². The third kappa shape index (κ3) is 4.07. The molecule has 0 saturated carbocycles. The molecule has 1 N–H and O–H groups in total. The maximum atomic E-state index is 3.48. The Balaban J connectivity index is 1.97. The minimum absolute atomic E-state index is 0.444. The molecule has 1 aromatic rings. The molecule has 1 unspecified atom stereocenters. The van der Waals surface area contributed by atoms with Crippen LogP contribution in [0.4, 0.5) is 0 Å². The summed E-state index contributed by atoms with van der Waals surface area (Å²) in [6.07, 6.45) is 3.72. The van der Waals surface area contributed by atoms with Gasteiger partial charge >= 0.3 is 0 Å². The molecule has 1 aromatic carbocycles. The minimum atomic E-state index is 0.444. The number of rotatable bonds is 6. The number of nitrogens with zero attached hydrogens (tertiary/aromatic N) is 1. The quantitative estimate of drug-likeness (QED) is 0.852. The van der Waals surface area contributed by atoms with E-state index in [-0.39, 0.29) is 0 Å². The van der Waals surface area contributed by atoms with Gasteiger partial charge in [0.25, 0.3) is 0 Å². The summed E-state index contributed by atoms with van der Waals surface area (Å²) >= 11 is 0. The first-order valence-electron chi connectivity index (χ1n) is 8.02. The van der Waals surface area contributed by atoms with E-state index < -0.39 is 0 Å². The monoisotopic (exact) mass is 274 g/mol. The number of nitrogens with one attached hydrogen (secondary N) is 1. The molecule has 20 heavy (non-hydrogen) atoms. The summed E-state index contributed by atoms with van der Waals surface area (Å²) < 4.78 is 0. The number of aryl methyl sites for hydroxylation is 1. The van der Waals surface area contributed by atoms with Crippen LogP contribution >= 0.6 is 0 Å². The number of hydrogen-bond acceptors (Lipinski definition) is 2. The van der Waals surface area contributed by atoms with Gasteiger partial charge in [0.1, 0.15) is 0 Å². The normalized spacial score (nSPS) is 20.2. The van der Waals surface area contributed by atoms with E-state index in [0.717, 1.165) is 6.54 Å². The van der Waals surface area contributed by atoms with Crippen molar-refractivity contribution in [3.8, 4) is 0 Å². The SMILES string of the molecule is CCCc1ccc(C(CN2CCC(C)(C)C2)NC)cc1. The third-order valence-electron chi connectivity index (χ3n) is 4.47. The molecule has 1 heterocycles. The van der Waals surface area contributed by atoms with Crippen LogP contribution in [0, 0.1) is 5.41 Å². The Kier molecular flexibility index (Phi) is 5.22. The fourth-order valence-electron chi connectivity index (χ4n) is 3.21. The van der Waals surface area contributed by atoms with Gasteiger partial charge in [-0.1, -0.05) is 51.5 Å². The van der Waals surface area contributed by atoms with E-state index in [0.29, 0.717) is 11.5 Å². The first kappa shape index (κ1) is 15.5. The van der Waals surface area contributed by atoms with Crippen molar-refractivity contribution in [2.75, 3.05) is 26.7 Å². The molecule has 2 rings (SSSR count). The predicted molar refractivity (Wildman–Crippen MR) is 87.1 cm³/mol. The van der Waals surface area contributed by atoms with Crippen LogP contribution in [-0.4, -0.2) is 31.6 Å². The summed E-state index contributed by atoms with van der Waals surface area (Å²) in [6.45, 7) is 10.6. The Hall–Kier alpha value is -0.860. The van der Waals surface area contributed by atoms with Crippen molar-refractivity contribution >= 4 is 0 Å². The molecule has 1 saturated heterocycles. The minimum Gasteiger partial charge on any atom is -0.312 e. The lowest BCUT2D eigenvalue weighted by atomic mass is 9.93. The van der Waals surface area contributed by atoms with E-state index in [4.69, 9.17) is 0 Å². The van der Waals surface area contributed by atoms with Crippen molar-refractivity contribution in [3.05, 3.63) is 35.4 Å². The lowest BCUT2D eigenvalue weighted by Crippen LogP contribution is -2.33. The highest BCUT2D eigenvalue weighted by molar-refractivity contribution is 5.25. The maximum Gasteiger partial charge on any atom is 0.0446 e. The molecule has 0 aliphatic carbocycles. The molecule has 0 bridgehead atoms. The van der Waals surface area contributed by atoms with Gasteiger partial charge in [-0.05, 0) is 43.0 Å². The Bertz CT molecular complexity index is 408. The van der Waals surface area contributed by atoms with Gasteiger partial charge < -0.3 is 10.2 Å². The van der Waals surface area contributed by atoms with E-state index >= 15 is 0 Å². The molecular weight excluding hydrogens is 244 g/mol. The van der Waals surface area contributed by atoms with Crippen LogP contribution in [0.5, 0.6) is 0 Å². The van der Waals surface area contributed by atoms with Gasteiger partial charge in [0.15, 0.2) is 0 Å². The van der Waals surface area contributed by atoms with Crippen molar-refractivity contribution in [2.45, 2.75) is 46.1 Å². The molecular formula is C18H30N2. The number of hydrogen-bond donors (Lipinski definition) is 1. The van der Waals surface area contributed by atoms with Crippen molar-refractivity contribution in [1.29, 1.82) is 0 Å². The molecule has 1 atom stereocenters. The molecule has 112 valence electrons. The standard InChI is InChI=1S/C18H30N2/c1-5-6-15-7-9-16(10-8-15)17(19-4)13-20-12-11-18(2,3)14-20/h7-10,17,19H,5-6,11-14H2,1-4H3. The highest BCUT2D eigenvalue weighted by Gasteiger charge is 2.30. The largest absolute Gasteiger partial charge is 0.312 e. The first-order valence-corrected chi connectivity index (χ1v) is 8.02. The molecule has 0 aromatic heterocycles. The number of likely N-dealkylation sites (N-methyl/N-ethyl adjacent to an activating group) is 1. The van der Waals surface area contributed by atoms with Gasteiger partial charge in [-0.3, -0.25) is 0 Å². The van der Waals surface area contributed by atoms with Gasteiger partial charge in [-0.25, -0.2) is 0 Å². The van der Waals surface area contributed by atoms with Crippen LogP contribution in [0.15, 0.2) is 24.3 Å². The van der Waals surface area contributed by atoms with Crippen molar-refractivity contribution in [2.24, 2.45) is 5.41 Å². The second-order valence-corrected chi connectivity index (χ2v) is 6.98. The summed E-state index contributed by atoms with van der Waals surface area (Å²) in [6, 6.07) is 9.62. The fourth-order valence-corrected chi connectivity index (χ4v) is 3.21. The molecule has 2 heteroatoms. The van der Waals surface area contributed by atoms with Crippen LogP contribution in [0.2, 0.25) is 0 Å². The summed E-state index contributed by atoms with van der Waals surface area (Å²) in [5.41, 5.74) is 3.36. The summed E-state index contributed by atoms with van der Waals surface area (Å²) in [7, 11) is 2.08. The van der Waals surface area contributed by atoms with Crippen molar-refractivity contribution in [1.82, 2.24) is 10.2 Å². The Morgan fingerprint density at radius 2 is 1.95 bits per heavy atom. The Morgan fingerprint density at radius 1 is 1.25 bits per heavy atom. The number of likely N-dealkylation sites (tertiary alicyclic amines) is 1. The van der Waals surface area contributed by atoms with E-state index in [1.807, 2.05) is 0 Å². The lowest BCUT2D eigenvalue weighted by Gasteiger charge is -2.25. The summed E-state index contributed by atoms with van der Waals surface area (Å²) in [5.74, 6) is 0. The average Bonchev–Trinajstić information content (AvgIpc) is 2.77. The molecule has 0 spiro atoms. The molecule has 0 radical (unpaired) electrons. The van der Waals surface area contributed by atoms with Crippen molar-refractivity contribution in [3.63, 3.8) is 0 Å². The molecule has 1 fully saturated rings. The number of benzene rings is 1. The van der Waals surface area contributed by atoms with Gasteiger partial charge in [0.2, 0.25) is 0 Å². The first-order chi connectivity index (χ1) is 9.54. The average molecular weight is 274 g/mol. The van der Waals surface area contributed by atoms with Crippen molar-refractivity contribution < 1.29 is 0 Å². The topological polar surface area (TPSA) is 15.3 Å². The second-order valence-electron chi connectivity index (χ2n) is 6.98. The van der Waals surface area contributed by atoms with E-state index in [9.17, 15) is 0 Å². The van der Waals surface area contributed by atoms with Crippen LogP contribution < -0.4 is 5.32 Å². The molecule has 1 aliphatic heterocycles. The maximum absolute atomic E-state index is 3.48. The zero-order chi connectivity index (χ0) is 14.6. The zero-order valence-corrected chi connectivity index (χ0v) is 13.6. The van der Waals surface area contributed by atoms with E-state index in [1.54, 1.807) is 0 Å². The van der Waals surface area contributed by atoms with Crippen LogP contribution in [0.25, 0.3) is 0 Å². The lowest BCUT2D eigenvalue weighted by molar-refractivity contribution is 0.265. The predicted octanol–water partition coefficient (Wildman–Crippen LogP) is 3.63. The van der Waals surface area contributed by atoms with Gasteiger partial charge in [0.05, 0.1) is 0 Å². The smallest absolute Gasteiger partial charge is 0.0446 e. The van der Waals surface area contributed by atoms with Crippen LogP contribution in [0.1, 0.15) is 50.8 Å². The highest BCUT2D eigenvalue weighted by Crippen LogP contribution is 2.30. The Morgan fingerprint density at radius 3 is 2.45 bits per heavy atom. The molecule has 1 aliphatic rings. The molecule has 2 nitrogen and oxygen atoms in total. The zero-order valence-electron chi connectivity index (χ0n) is 13.6. The molecule has 0 amide bonds. The third-order valence-corrected chi connectivity index (χ3v) is 4.47. The Labute approximate surface area is 124 Å². The van der Waals surface area contributed by atoms with E-state index in [2.05, 4.69) is 62.3 Å². The van der Waals surface area contributed by atoms with Gasteiger partial charge in [0, 0.05) is 19.1 Å². The van der Waals surface area contributed by atoms with Gasteiger partial charge in [-0.2, -0.15) is 0 Å². The van der Waals surface area contributed by atoms with E-state index in [1.165, 1.54) is 43.5 Å². The van der Waals surface area contributed by atoms with Crippen LogP contribution in [0.3, 0.4) is 0 Å².